The van der Waals surface area contributed by atoms with E-state index >= 15 is 0 Å². The number of piperidine rings is 1. The average Bonchev–Trinajstić information content (AvgIpc) is 3.23. The lowest BCUT2D eigenvalue weighted by molar-refractivity contribution is -0.121. The summed E-state index contributed by atoms with van der Waals surface area (Å²) >= 11 is 0. The number of anilines is 1. The van der Waals surface area contributed by atoms with E-state index in [4.69, 9.17) is 10.3 Å². The maximum absolute atomic E-state index is 12.6. The molecule has 1 aliphatic rings. The number of amides is 2. The van der Waals surface area contributed by atoms with E-state index in [-0.39, 0.29) is 11.8 Å². The van der Waals surface area contributed by atoms with Gasteiger partial charge in [-0.05, 0) is 44.1 Å². The second kappa shape index (κ2) is 8.87. The lowest BCUT2D eigenvalue weighted by Gasteiger charge is -2.30. The SMILES string of the molecule is NC(=O)c1cccc(NC(=O)C2CCN(Cc3nc(-c4ccccc4)no3)CC2)c1. The highest BCUT2D eigenvalue weighted by atomic mass is 16.5. The number of rotatable bonds is 6. The predicted molar refractivity (Wildman–Crippen MR) is 111 cm³/mol. The fourth-order valence-electron chi connectivity index (χ4n) is 3.56. The number of aromatic nitrogens is 2. The molecule has 0 bridgehead atoms. The normalized spacial score (nSPS) is 15.1. The molecule has 0 saturated carbocycles. The Bertz CT molecular complexity index is 1030. The number of nitrogens with zero attached hydrogens (tertiary/aromatic N) is 3. The zero-order chi connectivity index (χ0) is 20.9. The van der Waals surface area contributed by atoms with Crippen LogP contribution in [0.4, 0.5) is 5.69 Å². The van der Waals surface area contributed by atoms with Crippen molar-refractivity contribution in [1.29, 1.82) is 0 Å². The molecule has 1 fully saturated rings. The summed E-state index contributed by atoms with van der Waals surface area (Å²) in [6.45, 7) is 2.10. The van der Waals surface area contributed by atoms with E-state index in [0.717, 1.165) is 31.5 Å². The molecule has 3 N–H and O–H groups in total. The third kappa shape index (κ3) is 4.72. The van der Waals surface area contributed by atoms with Crippen molar-refractivity contribution in [1.82, 2.24) is 15.0 Å². The van der Waals surface area contributed by atoms with Gasteiger partial charge in [-0.1, -0.05) is 41.6 Å². The van der Waals surface area contributed by atoms with Gasteiger partial charge in [-0.15, -0.1) is 0 Å². The van der Waals surface area contributed by atoms with Gasteiger partial charge in [0.15, 0.2) is 0 Å². The molecule has 1 aromatic heterocycles. The van der Waals surface area contributed by atoms with Crippen molar-refractivity contribution in [3.05, 3.63) is 66.1 Å². The summed E-state index contributed by atoms with van der Waals surface area (Å²) < 4.78 is 5.39. The van der Waals surface area contributed by atoms with E-state index in [1.54, 1.807) is 24.3 Å². The molecule has 3 aromatic rings. The zero-order valence-electron chi connectivity index (χ0n) is 16.5. The topological polar surface area (TPSA) is 114 Å². The molecule has 0 radical (unpaired) electrons. The Morgan fingerprint density at radius 1 is 1.10 bits per heavy atom. The molecule has 1 saturated heterocycles. The van der Waals surface area contributed by atoms with Crippen molar-refractivity contribution in [3.8, 4) is 11.4 Å². The summed E-state index contributed by atoms with van der Waals surface area (Å²) in [6.07, 6.45) is 1.47. The summed E-state index contributed by atoms with van der Waals surface area (Å²) in [4.78, 5) is 30.6. The number of nitrogens with two attached hydrogens (primary N) is 1. The van der Waals surface area contributed by atoms with Crippen LogP contribution in [-0.4, -0.2) is 39.9 Å². The zero-order valence-corrected chi connectivity index (χ0v) is 16.5. The monoisotopic (exact) mass is 405 g/mol. The molecule has 8 heteroatoms. The van der Waals surface area contributed by atoms with Crippen LogP contribution in [0, 0.1) is 5.92 Å². The van der Waals surface area contributed by atoms with Gasteiger partial charge < -0.3 is 15.6 Å². The summed E-state index contributed by atoms with van der Waals surface area (Å²) in [5.74, 6) is 0.510. The van der Waals surface area contributed by atoms with Crippen LogP contribution < -0.4 is 11.1 Å². The number of nitrogens with one attached hydrogen (secondary N) is 1. The number of benzene rings is 2. The van der Waals surface area contributed by atoms with Gasteiger partial charge >= 0.3 is 0 Å². The van der Waals surface area contributed by atoms with E-state index in [2.05, 4.69) is 20.4 Å². The van der Waals surface area contributed by atoms with Gasteiger partial charge in [0.1, 0.15) is 0 Å². The number of hydrogen-bond donors (Lipinski definition) is 2. The molecule has 4 rings (SSSR count). The Labute approximate surface area is 174 Å². The van der Waals surface area contributed by atoms with Crippen LogP contribution in [-0.2, 0) is 11.3 Å². The maximum atomic E-state index is 12.6. The van der Waals surface area contributed by atoms with Gasteiger partial charge in [0.25, 0.3) is 0 Å². The van der Waals surface area contributed by atoms with Crippen LogP contribution >= 0.6 is 0 Å². The minimum Gasteiger partial charge on any atom is -0.366 e. The molecule has 154 valence electrons. The standard InChI is InChI=1S/C22H23N5O3/c23-20(28)17-7-4-8-18(13-17)24-22(29)16-9-11-27(12-10-16)14-19-25-21(26-30-19)15-5-2-1-3-6-15/h1-8,13,16H,9-12,14H2,(H2,23,28)(H,24,29). The van der Waals surface area contributed by atoms with Crippen LogP contribution in [0.3, 0.4) is 0 Å². The van der Waals surface area contributed by atoms with Gasteiger partial charge in [-0.2, -0.15) is 4.98 Å². The first kappa shape index (κ1) is 19.8. The summed E-state index contributed by atoms with van der Waals surface area (Å²) in [5, 5.41) is 6.94. The molecule has 8 nitrogen and oxygen atoms in total. The van der Waals surface area contributed by atoms with Crippen molar-refractivity contribution < 1.29 is 14.1 Å². The maximum Gasteiger partial charge on any atom is 0.248 e. The summed E-state index contributed by atoms with van der Waals surface area (Å²) in [5.41, 5.74) is 7.17. The van der Waals surface area contributed by atoms with E-state index in [1.165, 1.54) is 0 Å². The van der Waals surface area contributed by atoms with E-state index < -0.39 is 5.91 Å². The molecule has 1 aliphatic heterocycles. The third-order valence-corrected chi connectivity index (χ3v) is 5.23. The average molecular weight is 405 g/mol. The smallest absolute Gasteiger partial charge is 0.248 e. The minimum atomic E-state index is -0.518. The first-order chi connectivity index (χ1) is 14.6. The Kier molecular flexibility index (Phi) is 5.85. The predicted octanol–water partition coefficient (Wildman–Crippen LogP) is 2.69. The highest BCUT2D eigenvalue weighted by Gasteiger charge is 2.26. The number of hydrogen-bond acceptors (Lipinski definition) is 6. The van der Waals surface area contributed by atoms with Crippen molar-refractivity contribution in [2.24, 2.45) is 11.7 Å². The summed E-state index contributed by atoms with van der Waals surface area (Å²) in [7, 11) is 0. The van der Waals surface area contributed by atoms with Gasteiger partial charge in [0.05, 0.1) is 6.54 Å². The molecule has 0 spiro atoms. The quantitative estimate of drug-likeness (QED) is 0.652. The van der Waals surface area contributed by atoms with Crippen molar-refractivity contribution in [3.63, 3.8) is 0 Å². The lowest BCUT2D eigenvalue weighted by Crippen LogP contribution is -2.37. The third-order valence-electron chi connectivity index (χ3n) is 5.23. The highest BCUT2D eigenvalue weighted by molar-refractivity contribution is 5.96. The number of carbonyl (C=O) groups is 2. The first-order valence-corrected chi connectivity index (χ1v) is 9.89. The van der Waals surface area contributed by atoms with Crippen LogP contribution in [0.5, 0.6) is 0 Å². The Morgan fingerprint density at radius 2 is 1.87 bits per heavy atom. The molecule has 2 amide bonds. The second-order valence-electron chi connectivity index (χ2n) is 7.36. The second-order valence-corrected chi connectivity index (χ2v) is 7.36. The number of carbonyl (C=O) groups excluding carboxylic acids is 2. The van der Waals surface area contributed by atoms with E-state index in [0.29, 0.717) is 29.5 Å². The first-order valence-electron chi connectivity index (χ1n) is 9.89. The Morgan fingerprint density at radius 3 is 2.60 bits per heavy atom. The summed E-state index contributed by atoms with van der Waals surface area (Å²) in [6, 6.07) is 16.4. The molecular formula is C22H23N5O3. The van der Waals surface area contributed by atoms with E-state index in [1.807, 2.05) is 30.3 Å². The van der Waals surface area contributed by atoms with Crippen molar-refractivity contribution in [2.45, 2.75) is 19.4 Å². The van der Waals surface area contributed by atoms with Gasteiger partial charge in [0, 0.05) is 22.7 Å². The van der Waals surface area contributed by atoms with Crippen molar-refractivity contribution in [2.75, 3.05) is 18.4 Å². The minimum absolute atomic E-state index is 0.0413. The van der Waals surface area contributed by atoms with Gasteiger partial charge in [-0.3, -0.25) is 14.5 Å². The Balaban J connectivity index is 1.29. The van der Waals surface area contributed by atoms with E-state index in [9.17, 15) is 9.59 Å². The number of likely N-dealkylation sites (tertiary alicyclic amines) is 1. The van der Waals surface area contributed by atoms with Crippen LogP contribution in [0.15, 0.2) is 59.1 Å². The Hall–Kier alpha value is -3.52. The van der Waals surface area contributed by atoms with Crippen LogP contribution in [0.2, 0.25) is 0 Å². The highest BCUT2D eigenvalue weighted by Crippen LogP contribution is 2.22. The molecule has 30 heavy (non-hydrogen) atoms. The molecular weight excluding hydrogens is 382 g/mol. The molecule has 2 aromatic carbocycles. The fourth-order valence-corrected chi connectivity index (χ4v) is 3.56. The van der Waals surface area contributed by atoms with Crippen molar-refractivity contribution >= 4 is 17.5 Å². The fraction of sp³-hybridized carbons (Fsp3) is 0.273. The molecule has 0 aliphatic carbocycles. The van der Waals surface area contributed by atoms with Crippen LogP contribution in [0.1, 0.15) is 29.1 Å². The molecule has 0 atom stereocenters. The molecule has 2 heterocycles. The molecule has 0 unspecified atom stereocenters. The van der Waals surface area contributed by atoms with Gasteiger partial charge in [-0.25, -0.2) is 0 Å². The largest absolute Gasteiger partial charge is 0.366 e. The van der Waals surface area contributed by atoms with Gasteiger partial charge in [0.2, 0.25) is 23.5 Å². The lowest BCUT2D eigenvalue weighted by atomic mass is 9.95. The van der Waals surface area contributed by atoms with Crippen LogP contribution in [0.25, 0.3) is 11.4 Å². The number of primary amides is 1.